The normalized spacial score (nSPS) is 11.8. The second kappa shape index (κ2) is 4.53. The first-order valence-electron chi connectivity index (χ1n) is 5.73. The van der Waals surface area contributed by atoms with E-state index in [1.807, 2.05) is 11.4 Å². The van der Waals surface area contributed by atoms with Crippen molar-refractivity contribution in [2.75, 3.05) is 6.26 Å². The number of H-pyrrole nitrogens is 1. The van der Waals surface area contributed by atoms with E-state index in [1.54, 1.807) is 12.1 Å². The molecule has 0 spiro atoms. The lowest BCUT2D eigenvalue weighted by Crippen LogP contribution is -2.11. The summed E-state index contributed by atoms with van der Waals surface area (Å²) in [5, 5.41) is 1.85. The Morgan fingerprint density at radius 1 is 1.25 bits per heavy atom. The van der Waals surface area contributed by atoms with E-state index in [9.17, 15) is 13.2 Å². The van der Waals surface area contributed by atoms with Crippen LogP contribution in [0, 0.1) is 0 Å². The molecule has 0 bridgehead atoms. The molecule has 20 heavy (non-hydrogen) atoms. The fourth-order valence-corrected chi connectivity index (χ4v) is 3.23. The van der Waals surface area contributed by atoms with E-state index >= 15 is 0 Å². The van der Waals surface area contributed by atoms with E-state index in [-0.39, 0.29) is 10.5 Å². The molecule has 0 unspecified atom stereocenters. The number of fused-ring (bicyclic) bond motifs is 1. The number of nitrogens with zero attached hydrogens (tertiary/aromatic N) is 1. The van der Waals surface area contributed by atoms with Gasteiger partial charge in [-0.15, -0.1) is 11.3 Å². The summed E-state index contributed by atoms with van der Waals surface area (Å²) in [6.07, 6.45) is 1.14. The average Bonchev–Trinajstić information content (AvgIpc) is 2.90. The molecule has 0 radical (unpaired) electrons. The Kier molecular flexibility index (Phi) is 2.95. The Hall–Kier alpha value is -1.99. The van der Waals surface area contributed by atoms with Crippen molar-refractivity contribution in [3.8, 4) is 10.6 Å². The van der Waals surface area contributed by atoms with Crippen LogP contribution in [0.15, 0.2) is 45.4 Å². The van der Waals surface area contributed by atoms with E-state index in [1.165, 1.54) is 23.5 Å². The Morgan fingerprint density at radius 3 is 2.70 bits per heavy atom. The Balaban J connectivity index is 2.30. The quantitative estimate of drug-likeness (QED) is 0.786. The highest BCUT2D eigenvalue weighted by Crippen LogP contribution is 2.22. The number of aromatic amines is 1. The number of thiophene rings is 1. The summed E-state index contributed by atoms with van der Waals surface area (Å²) in [5.41, 5.74) is 0.990. The number of sulfone groups is 1. The molecule has 102 valence electrons. The van der Waals surface area contributed by atoms with Gasteiger partial charge in [-0.3, -0.25) is 4.79 Å². The lowest BCUT2D eigenvalue weighted by molar-refractivity contribution is 0.602. The maximum atomic E-state index is 12.0. The number of nitrogens with one attached hydrogen (secondary N) is 1. The van der Waals surface area contributed by atoms with Gasteiger partial charge in [-0.2, -0.15) is 0 Å². The highest BCUT2D eigenvalue weighted by atomic mass is 32.2. The van der Waals surface area contributed by atoms with Gasteiger partial charge in [0.2, 0.25) is 0 Å². The standard InChI is InChI=1S/C13H10N2O3S2/c1-20(17,18)8-4-5-9-10(7-8)14-12(13(16)15-9)11-3-2-6-19-11/h2-7H,1H3,(H,15,16). The highest BCUT2D eigenvalue weighted by Gasteiger charge is 2.12. The molecule has 0 aliphatic carbocycles. The van der Waals surface area contributed by atoms with Crippen molar-refractivity contribution in [3.63, 3.8) is 0 Å². The lowest BCUT2D eigenvalue weighted by atomic mass is 10.2. The average molecular weight is 306 g/mol. The Morgan fingerprint density at radius 2 is 2.05 bits per heavy atom. The van der Waals surface area contributed by atoms with Crippen LogP contribution in [0.5, 0.6) is 0 Å². The van der Waals surface area contributed by atoms with Gasteiger partial charge >= 0.3 is 0 Å². The number of hydrogen-bond acceptors (Lipinski definition) is 5. The topological polar surface area (TPSA) is 79.9 Å². The molecule has 0 aliphatic heterocycles. The first-order valence-corrected chi connectivity index (χ1v) is 8.50. The van der Waals surface area contributed by atoms with Gasteiger partial charge < -0.3 is 4.98 Å². The van der Waals surface area contributed by atoms with Gasteiger partial charge in [0.25, 0.3) is 5.56 Å². The molecular weight excluding hydrogens is 296 g/mol. The van der Waals surface area contributed by atoms with Crippen LogP contribution in [0.1, 0.15) is 0 Å². The molecule has 2 heterocycles. The second-order valence-electron chi connectivity index (χ2n) is 4.34. The first-order chi connectivity index (χ1) is 9.45. The van der Waals surface area contributed by atoms with Gasteiger partial charge in [0.1, 0.15) is 5.69 Å². The van der Waals surface area contributed by atoms with Crippen LogP contribution in [-0.2, 0) is 9.84 Å². The summed E-state index contributed by atoms with van der Waals surface area (Å²) in [4.78, 5) is 19.9. The molecule has 0 fully saturated rings. The van der Waals surface area contributed by atoms with Crippen molar-refractivity contribution in [2.45, 2.75) is 4.90 Å². The summed E-state index contributed by atoms with van der Waals surface area (Å²) in [5.74, 6) is 0. The molecule has 3 rings (SSSR count). The van der Waals surface area contributed by atoms with Crippen LogP contribution in [0.2, 0.25) is 0 Å². The molecule has 0 saturated carbocycles. The Bertz CT molecular complexity index is 941. The van der Waals surface area contributed by atoms with Gasteiger partial charge in [-0.1, -0.05) is 6.07 Å². The molecule has 7 heteroatoms. The predicted molar refractivity (Wildman–Crippen MR) is 78.8 cm³/mol. The molecule has 2 aromatic heterocycles. The summed E-state index contributed by atoms with van der Waals surface area (Å²) in [6.45, 7) is 0. The van der Waals surface area contributed by atoms with Crippen molar-refractivity contribution >= 4 is 32.2 Å². The van der Waals surface area contributed by atoms with Crippen LogP contribution >= 0.6 is 11.3 Å². The van der Waals surface area contributed by atoms with Crippen LogP contribution in [0.4, 0.5) is 0 Å². The molecule has 0 saturated heterocycles. The second-order valence-corrected chi connectivity index (χ2v) is 7.31. The zero-order valence-electron chi connectivity index (χ0n) is 10.5. The van der Waals surface area contributed by atoms with E-state index in [2.05, 4.69) is 9.97 Å². The number of aromatic nitrogens is 2. The van der Waals surface area contributed by atoms with E-state index in [0.717, 1.165) is 11.1 Å². The van der Waals surface area contributed by atoms with Crippen molar-refractivity contribution < 1.29 is 8.42 Å². The Labute approximate surface area is 118 Å². The van der Waals surface area contributed by atoms with Crippen molar-refractivity contribution in [1.29, 1.82) is 0 Å². The van der Waals surface area contributed by atoms with Crippen molar-refractivity contribution in [1.82, 2.24) is 9.97 Å². The van der Waals surface area contributed by atoms with Crippen LogP contribution in [0.3, 0.4) is 0 Å². The van der Waals surface area contributed by atoms with Gasteiger partial charge in [0.15, 0.2) is 9.84 Å². The molecular formula is C13H10N2O3S2. The lowest BCUT2D eigenvalue weighted by Gasteiger charge is -2.03. The molecule has 3 aromatic rings. The van der Waals surface area contributed by atoms with Gasteiger partial charge in [-0.25, -0.2) is 13.4 Å². The van der Waals surface area contributed by atoms with Crippen molar-refractivity contribution in [3.05, 3.63) is 46.1 Å². The maximum absolute atomic E-state index is 12.0. The van der Waals surface area contributed by atoms with Crippen LogP contribution in [0.25, 0.3) is 21.6 Å². The largest absolute Gasteiger partial charge is 0.319 e. The number of hydrogen-bond donors (Lipinski definition) is 1. The molecule has 0 atom stereocenters. The third-order valence-corrected chi connectivity index (χ3v) is 4.83. The molecule has 1 aromatic carbocycles. The highest BCUT2D eigenvalue weighted by molar-refractivity contribution is 7.90. The van der Waals surface area contributed by atoms with Crippen molar-refractivity contribution in [2.24, 2.45) is 0 Å². The van der Waals surface area contributed by atoms with Gasteiger partial charge in [0.05, 0.1) is 20.8 Å². The molecule has 5 nitrogen and oxygen atoms in total. The van der Waals surface area contributed by atoms with Gasteiger partial charge in [-0.05, 0) is 29.6 Å². The first kappa shape index (κ1) is 13.0. The molecule has 0 amide bonds. The fraction of sp³-hybridized carbons (Fsp3) is 0.0769. The molecule has 1 N–H and O–H groups in total. The smallest absolute Gasteiger partial charge is 0.275 e. The number of benzene rings is 1. The third-order valence-electron chi connectivity index (χ3n) is 2.85. The molecule has 0 aliphatic rings. The van der Waals surface area contributed by atoms with Gasteiger partial charge in [0, 0.05) is 6.26 Å². The number of rotatable bonds is 2. The minimum absolute atomic E-state index is 0.182. The van der Waals surface area contributed by atoms with Crippen LogP contribution < -0.4 is 5.56 Å². The van der Waals surface area contributed by atoms with Crippen LogP contribution in [-0.4, -0.2) is 24.6 Å². The monoisotopic (exact) mass is 306 g/mol. The summed E-state index contributed by atoms with van der Waals surface area (Å²) < 4.78 is 23.1. The van der Waals surface area contributed by atoms with E-state index in [0.29, 0.717) is 16.7 Å². The van der Waals surface area contributed by atoms with E-state index < -0.39 is 9.84 Å². The van der Waals surface area contributed by atoms with E-state index in [4.69, 9.17) is 0 Å². The zero-order chi connectivity index (χ0) is 14.3. The fourth-order valence-electron chi connectivity index (χ4n) is 1.87. The summed E-state index contributed by atoms with van der Waals surface area (Å²) >= 11 is 1.41. The maximum Gasteiger partial charge on any atom is 0.275 e. The SMILES string of the molecule is CS(=O)(=O)c1ccc2[nH]c(=O)c(-c3cccs3)nc2c1. The minimum atomic E-state index is -3.30. The minimum Gasteiger partial charge on any atom is -0.319 e. The third kappa shape index (κ3) is 2.25. The predicted octanol–water partition coefficient (Wildman–Crippen LogP) is 2.06. The summed E-state index contributed by atoms with van der Waals surface area (Å²) in [6, 6.07) is 8.11. The zero-order valence-corrected chi connectivity index (χ0v) is 12.1. The summed E-state index contributed by atoms with van der Waals surface area (Å²) in [7, 11) is -3.30.